The molecular weight excluding hydrogens is 274 g/mol. The molecule has 118 valence electrons. The molecule has 1 aromatic carbocycles. The average Bonchev–Trinajstić information content (AvgIpc) is 2.74. The summed E-state index contributed by atoms with van der Waals surface area (Å²) in [5.41, 5.74) is 6.29. The standard InChI is InChI=1S/C18H25N3O/c1-2-21-16(22)18(20-17(21)19,15-12-8-5-9-13-15)14-10-6-3-4-7-11-14/h5,8-9,12-14H,2-4,6-7,10-11H2,1H3,(H2,19,20). The van der Waals surface area contributed by atoms with E-state index in [-0.39, 0.29) is 11.8 Å². The molecule has 3 rings (SSSR count). The normalized spacial score (nSPS) is 26.9. The van der Waals surface area contributed by atoms with Gasteiger partial charge in [-0.25, -0.2) is 4.99 Å². The van der Waals surface area contributed by atoms with Crippen molar-refractivity contribution in [3.8, 4) is 0 Å². The molecule has 0 saturated heterocycles. The Hall–Kier alpha value is -1.84. The van der Waals surface area contributed by atoms with E-state index in [1.165, 1.54) is 25.7 Å². The molecule has 1 amide bonds. The summed E-state index contributed by atoms with van der Waals surface area (Å²) >= 11 is 0. The first-order chi connectivity index (χ1) is 10.7. The van der Waals surface area contributed by atoms with Crippen LogP contribution in [0.3, 0.4) is 0 Å². The summed E-state index contributed by atoms with van der Waals surface area (Å²) in [6.45, 7) is 2.53. The predicted molar refractivity (Wildman–Crippen MR) is 88.3 cm³/mol. The third-order valence-corrected chi connectivity index (χ3v) is 5.11. The fourth-order valence-corrected chi connectivity index (χ4v) is 3.98. The van der Waals surface area contributed by atoms with Crippen LogP contribution in [0.1, 0.15) is 51.0 Å². The molecule has 2 aliphatic rings. The fraction of sp³-hybridized carbons (Fsp3) is 0.556. The van der Waals surface area contributed by atoms with Crippen LogP contribution in [0.2, 0.25) is 0 Å². The van der Waals surface area contributed by atoms with Gasteiger partial charge in [0.25, 0.3) is 5.91 Å². The summed E-state index contributed by atoms with van der Waals surface area (Å²) in [5, 5.41) is 0. The lowest BCUT2D eigenvalue weighted by atomic mass is 9.74. The van der Waals surface area contributed by atoms with Crippen LogP contribution in [0.5, 0.6) is 0 Å². The molecule has 4 nitrogen and oxygen atoms in total. The summed E-state index contributed by atoms with van der Waals surface area (Å²) in [5.74, 6) is 0.686. The highest BCUT2D eigenvalue weighted by atomic mass is 16.2. The van der Waals surface area contributed by atoms with E-state index < -0.39 is 5.54 Å². The predicted octanol–water partition coefficient (Wildman–Crippen LogP) is 3.03. The van der Waals surface area contributed by atoms with E-state index in [9.17, 15) is 4.79 Å². The number of likely N-dealkylation sites (N-methyl/N-ethyl adjacent to an activating group) is 1. The number of carbonyl (C=O) groups is 1. The van der Waals surface area contributed by atoms with Crippen LogP contribution in [0.15, 0.2) is 35.3 Å². The maximum Gasteiger partial charge on any atom is 0.262 e. The molecule has 1 aromatic rings. The van der Waals surface area contributed by atoms with E-state index in [1.54, 1.807) is 4.90 Å². The van der Waals surface area contributed by atoms with Gasteiger partial charge in [0.1, 0.15) is 0 Å². The van der Waals surface area contributed by atoms with Gasteiger partial charge in [-0.15, -0.1) is 0 Å². The molecule has 22 heavy (non-hydrogen) atoms. The number of aliphatic imine (C=N–C) groups is 1. The minimum absolute atomic E-state index is 0.0607. The Kier molecular flexibility index (Phi) is 4.19. The first kappa shape index (κ1) is 15.1. The summed E-state index contributed by atoms with van der Waals surface area (Å²) in [6, 6.07) is 10.0. The first-order valence-electron chi connectivity index (χ1n) is 8.43. The quantitative estimate of drug-likeness (QED) is 0.872. The van der Waals surface area contributed by atoms with Crippen LogP contribution in [0.25, 0.3) is 0 Å². The first-order valence-corrected chi connectivity index (χ1v) is 8.43. The number of nitrogens with zero attached hydrogens (tertiary/aromatic N) is 2. The van der Waals surface area contributed by atoms with Gasteiger partial charge in [-0.3, -0.25) is 9.69 Å². The number of carbonyl (C=O) groups excluding carboxylic acids is 1. The third-order valence-electron chi connectivity index (χ3n) is 5.11. The van der Waals surface area contributed by atoms with Crippen LogP contribution in [0.4, 0.5) is 0 Å². The number of amides is 1. The number of nitrogens with two attached hydrogens (primary N) is 1. The SMILES string of the molecule is CCN1C(=O)C(c2ccccc2)(C2CCCCCC2)N=C1N. The van der Waals surface area contributed by atoms with Gasteiger partial charge < -0.3 is 5.73 Å². The highest BCUT2D eigenvalue weighted by molar-refractivity contribution is 6.07. The monoisotopic (exact) mass is 299 g/mol. The Morgan fingerprint density at radius 3 is 2.36 bits per heavy atom. The van der Waals surface area contributed by atoms with E-state index in [0.717, 1.165) is 18.4 Å². The summed E-state index contributed by atoms with van der Waals surface area (Å²) in [7, 11) is 0. The summed E-state index contributed by atoms with van der Waals surface area (Å²) < 4.78 is 0. The van der Waals surface area contributed by atoms with Crippen molar-refractivity contribution in [1.82, 2.24) is 4.90 Å². The highest BCUT2D eigenvalue weighted by Gasteiger charge is 2.53. The molecule has 0 aromatic heterocycles. The zero-order valence-electron chi connectivity index (χ0n) is 13.3. The van der Waals surface area contributed by atoms with Crippen LogP contribution in [-0.4, -0.2) is 23.3 Å². The minimum atomic E-state index is -0.800. The lowest BCUT2D eigenvalue weighted by Crippen LogP contribution is -2.46. The number of benzene rings is 1. The molecule has 1 fully saturated rings. The molecule has 0 spiro atoms. The third kappa shape index (κ3) is 2.31. The van der Waals surface area contributed by atoms with E-state index in [0.29, 0.717) is 12.5 Å². The summed E-state index contributed by atoms with van der Waals surface area (Å²) in [6.07, 6.45) is 6.96. The Bertz CT molecular complexity index is 561. The molecule has 4 heteroatoms. The molecule has 1 atom stereocenters. The van der Waals surface area contributed by atoms with Crippen LogP contribution >= 0.6 is 0 Å². The second-order valence-corrected chi connectivity index (χ2v) is 6.34. The minimum Gasteiger partial charge on any atom is -0.369 e. The fourth-order valence-electron chi connectivity index (χ4n) is 3.98. The lowest BCUT2D eigenvalue weighted by Gasteiger charge is -2.33. The zero-order valence-corrected chi connectivity index (χ0v) is 13.3. The molecule has 1 aliphatic carbocycles. The number of rotatable bonds is 3. The Balaban J connectivity index is 2.09. The molecular formula is C18H25N3O. The molecule has 1 unspecified atom stereocenters. The molecule has 1 aliphatic heterocycles. The molecule has 2 N–H and O–H groups in total. The second-order valence-electron chi connectivity index (χ2n) is 6.34. The molecule has 0 radical (unpaired) electrons. The van der Waals surface area contributed by atoms with E-state index >= 15 is 0 Å². The number of hydrogen-bond acceptors (Lipinski definition) is 3. The molecule has 1 heterocycles. The maximum absolute atomic E-state index is 13.2. The Morgan fingerprint density at radius 1 is 1.18 bits per heavy atom. The van der Waals surface area contributed by atoms with Gasteiger partial charge in [-0.05, 0) is 31.2 Å². The van der Waals surface area contributed by atoms with E-state index in [1.807, 2.05) is 37.3 Å². The van der Waals surface area contributed by atoms with Crippen molar-refractivity contribution in [2.24, 2.45) is 16.6 Å². The average molecular weight is 299 g/mol. The van der Waals surface area contributed by atoms with Crippen LogP contribution in [-0.2, 0) is 10.3 Å². The van der Waals surface area contributed by atoms with Crippen LogP contribution < -0.4 is 5.73 Å². The van der Waals surface area contributed by atoms with Gasteiger partial charge in [0, 0.05) is 6.54 Å². The van der Waals surface area contributed by atoms with Gasteiger partial charge in [-0.1, -0.05) is 56.0 Å². The number of guanidine groups is 1. The smallest absolute Gasteiger partial charge is 0.262 e. The molecule has 0 bridgehead atoms. The van der Waals surface area contributed by atoms with Crippen molar-refractivity contribution in [3.05, 3.63) is 35.9 Å². The van der Waals surface area contributed by atoms with Crippen molar-refractivity contribution in [2.45, 2.75) is 51.0 Å². The van der Waals surface area contributed by atoms with Gasteiger partial charge in [0.05, 0.1) is 0 Å². The van der Waals surface area contributed by atoms with Crippen molar-refractivity contribution in [3.63, 3.8) is 0 Å². The number of hydrogen-bond donors (Lipinski definition) is 1. The van der Waals surface area contributed by atoms with E-state index in [4.69, 9.17) is 10.7 Å². The highest BCUT2D eigenvalue weighted by Crippen LogP contribution is 2.45. The van der Waals surface area contributed by atoms with Crippen molar-refractivity contribution in [2.75, 3.05) is 6.54 Å². The molecule has 1 saturated carbocycles. The Labute approximate surface area is 132 Å². The second kappa shape index (κ2) is 6.11. The van der Waals surface area contributed by atoms with Crippen molar-refractivity contribution < 1.29 is 4.79 Å². The van der Waals surface area contributed by atoms with Gasteiger partial charge >= 0.3 is 0 Å². The van der Waals surface area contributed by atoms with Gasteiger partial charge in [-0.2, -0.15) is 0 Å². The maximum atomic E-state index is 13.2. The van der Waals surface area contributed by atoms with Crippen molar-refractivity contribution >= 4 is 11.9 Å². The van der Waals surface area contributed by atoms with Gasteiger partial charge in [0.2, 0.25) is 0 Å². The topological polar surface area (TPSA) is 58.7 Å². The Morgan fingerprint density at radius 2 is 1.82 bits per heavy atom. The largest absolute Gasteiger partial charge is 0.369 e. The van der Waals surface area contributed by atoms with Crippen molar-refractivity contribution in [1.29, 1.82) is 0 Å². The zero-order chi connectivity index (χ0) is 15.6. The van der Waals surface area contributed by atoms with Crippen LogP contribution in [0, 0.1) is 5.92 Å². The lowest BCUT2D eigenvalue weighted by molar-refractivity contribution is -0.133. The van der Waals surface area contributed by atoms with Gasteiger partial charge in [0.15, 0.2) is 11.5 Å². The summed E-state index contributed by atoms with van der Waals surface area (Å²) in [4.78, 5) is 19.6. The van der Waals surface area contributed by atoms with E-state index in [2.05, 4.69) is 0 Å².